The molecule has 5 aliphatic rings. The average molecular weight is 635 g/mol. The predicted molar refractivity (Wildman–Crippen MR) is 176 cm³/mol. The van der Waals surface area contributed by atoms with Gasteiger partial charge in [-0.15, -0.1) is 0 Å². The molecule has 0 amide bonds. The lowest BCUT2D eigenvalue weighted by atomic mass is 9.33. The van der Waals surface area contributed by atoms with Gasteiger partial charge in [0, 0.05) is 11.5 Å². The molecule has 7 nitrogen and oxygen atoms in total. The van der Waals surface area contributed by atoms with Crippen molar-refractivity contribution in [3.8, 4) is 5.75 Å². The molecular formula is C39H54O7. The molecule has 0 bridgehead atoms. The first-order chi connectivity index (χ1) is 21.5. The van der Waals surface area contributed by atoms with Crippen LogP contribution in [0.1, 0.15) is 98.5 Å². The lowest BCUT2D eigenvalue weighted by molar-refractivity contribution is -0.245. The Morgan fingerprint density at radius 3 is 2.33 bits per heavy atom. The van der Waals surface area contributed by atoms with Crippen LogP contribution in [-0.2, 0) is 14.3 Å². The summed E-state index contributed by atoms with van der Waals surface area (Å²) in [5.74, 6) is 0.0827. The smallest absolute Gasteiger partial charge is 0.330 e. The number of allylic oxidation sites excluding steroid dienone is 2. The molecule has 5 aliphatic carbocycles. The number of carboxylic acids is 1. The zero-order chi connectivity index (χ0) is 33.4. The summed E-state index contributed by atoms with van der Waals surface area (Å²) < 4.78 is 5.81. The summed E-state index contributed by atoms with van der Waals surface area (Å²) in [7, 11) is 0. The second-order valence-corrected chi connectivity index (χ2v) is 16.9. The van der Waals surface area contributed by atoms with Crippen molar-refractivity contribution < 1.29 is 34.8 Å². The van der Waals surface area contributed by atoms with E-state index in [-0.39, 0.29) is 46.4 Å². The monoisotopic (exact) mass is 634 g/mol. The third-order valence-corrected chi connectivity index (χ3v) is 15.0. The number of aliphatic carboxylic acids is 1. The number of carbonyl (C=O) groups excluding carboxylic acids is 1. The number of aromatic hydroxyl groups is 1. The topological polar surface area (TPSA) is 124 Å². The number of carboxylic acid groups (broad SMARTS) is 1. The van der Waals surface area contributed by atoms with Gasteiger partial charge < -0.3 is 25.2 Å². The summed E-state index contributed by atoms with van der Waals surface area (Å²) in [6, 6.07) is 6.53. The molecule has 0 radical (unpaired) electrons. The number of rotatable bonds is 5. The minimum Gasteiger partial charge on any atom is -0.508 e. The van der Waals surface area contributed by atoms with Gasteiger partial charge in [0.25, 0.3) is 0 Å². The number of carbonyl (C=O) groups is 2. The Hall–Kier alpha value is -2.64. The summed E-state index contributed by atoms with van der Waals surface area (Å²) in [6.07, 6.45) is 9.80. The highest BCUT2D eigenvalue weighted by atomic mass is 16.5. The molecule has 7 heteroatoms. The third kappa shape index (κ3) is 4.65. The molecule has 0 spiro atoms. The molecule has 0 aliphatic heterocycles. The molecule has 1 aromatic carbocycles. The second kappa shape index (κ2) is 11.2. The molecule has 0 saturated heterocycles. The lowest BCUT2D eigenvalue weighted by Gasteiger charge is -2.71. The number of phenols is 1. The molecular weight excluding hydrogens is 580 g/mol. The minimum atomic E-state index is -1.02. The maximum Gasteiger partial charge on any atom is 0.330 e. The zero-order valence-electron chi connectivity index (χ0n) is 28.5. The van der Waals surface area contributed by atoms with Gasteiger partial charge in [0.05, 0.1) is 24.2 Å². The van der Waals surface area contributed by atoms with Crippen molar-refractivity contribution in [3.05, 3.63) is 47.6 Å². The van der Waals surface area contributed by atoms with Crippen LogP contribution < -0.4 is 0 Å². The first kappa shape index (κ1) is 33.3. The highest BCUT2D eigenvalue weighted by Gasteiger charge is 2.71. The Bertz CT molecular complexity index is 1430. The number of aliphatic hydroxyl groups is 2. The Balaban J connectivity index is 1.30. The predicted octanol–water partition coefficient (Wildman–Crippen LogP) is 7.00. The largest absolute Gasteiger partial charge is 0.508 e. The minimum absolute atomic E-state index is 0.00460. The number of benzene rings is 1. The van der Waals surface area contributed by atoms with E-state index in [1.807, 2.05) is 6.92 Å². The fourth-order valence-electron chi connectivity index (χ4n) is 12.0. The van der Waals surface area contributed by atoms with Gasteiger partial charge in [-0.2, -0.15) is 0 Å². The van der Waals surface area contributed by atoms with Crippen LogP contribution in [0.3, 0.4) is 0 Å². The molecule has 0 aromatic heterocycles. The first-order valence-corrected chi connectivity index (χ1v) is 17.5. The van der Waals surface area contributed by atoms with Crippen molar-refractivity contribution in [2.45, 2.75) is 105 Å². The van der Waals surface area contributed by atoms with E-state index in [2.05, 4.69) is 40.7 Å². The second-order valence-electron chi connectivity index (χ2n) is 16.9. The van der Waals surface area contributed by atoms with Crippen molar-refractivity contribution in [2.24, 2.45) is 56.7 Å². The quantitative estimate of drug-likeness (QED) is 0.156. The van der Waals surface area contributed by atoms with E-state index in [0.717, 1.165) is 44.1 Å². The van der Waals surface area contributed by atoms with Crippen LogP contribution in [0, 0.1) is 56.7 Å². The van der Waals surface area contributed by atoms with Crippen LogP contribution in [0.5, 0.6) is 5.75 Å². The van der Waals surface area contributed by atoms with E-state index >= 15 is 0 Å². The third-order valence-electron chi connectivity index (χ3n) is 15.0. The van der Waals surface area contributed by atoms with Crippen molar-refractivity contribution in [1.29, 1.82) is 0 Å². The fourth-order valence-corrected chi connectivity index (χ4v) is 12.0. The number of fused-ring (bicyclic) bond motifs is 7. The molecule has 252 valence electrons. The van der Waals surface area contributed by atoms with E-state index in [1.165, 1.54) is 11.6 Å². The number of hydrogen-bond donors (Lipinski definition) is 4. The van der Waals surface area contributed by atoms with Gasteiger partial charge >= 0.3 is 11.9 Å². The number of hydrogen-bond acceptors (Lipinski definition) is 6. The number of ether oxygens (including phenoxy) is 1. The van der Waals surface area contributed by atoms with E-state index in [0.29, 0.717) is 24.7 Å². The number of esters is 1. The maximum absolute atomic E-state index is 13.0. The Morgan fingerprint density at radius 1 is 0.957 bits per heavy atom. The van der Waals surface area contributed by atoms with Crippen molar-refractivity contribution in [2.75, 3.05) is 6.61 Å². The van der Waals surface area contributed by atoms with Gasteiger partial charge in [-0.3, -0.25) is 4.79 Å². The van der Waals surface area contributed by atoms with Crippen LogP contribution in [0.15, 0.2) is 42.0 Å². The van der Waals surface area contributed by atoms with Crippen LogP contribution in [0.4, 0.5) is 0 Å². The first-order valence-electron chi connectivity index (χ1n) is 17.5. The van der Waals surface area contributed by atoms with Gasteiger partial charge in [-0.05, 0) is 121 Å². The van der Waals surface area contributed by atoms with Crippen molar-refractivity contribution in [3.63, 3.8) is 0 Å². The highest BCUT2D eigenvalue weighted by molar-refractivity contribution is 5.87. The molecule has 12 atom stereocenters. The molecule has 46 heavy (non-hydrogen) atoms. The van der Waals surface area contributed by atoms with Crippen LogP contribution in [-0.4, -0.2) is 51.2 Å². The van der Waals surface area contributed by atoms with Gasteiger partial charge in [0.1, 0.15) is 5.75 Å². The van der Waals surface area contributed by atoms with Gasteiger partial charge in [-0.25, -0.2) is 4.79 Å². The summed E-state index contributed by atoms with van der Waals surface area (Å²) in [5, 5.41) is 43.1. The van der Waals surface area contributed by atoms with Crippen LogP contribution in [0.25, 0.3) is 6.08 Å². The summed E-state index contributed by atoms with van der Waals surface area (Å²) in [5.41, 5.74) is 0.0419. The van der Waals surface area contributed by atoms with Gasteiger partial charge in [0.2, 0.25) is 0 Å². The Kier molecular flexibility index (Phi) is 8.12. The molecule has 4 N–H and O–H groups in total. The Labute approximate surface area is 274 Å². The van der Waals surface area contributed by atoms with E-state index in [1.54, 1.807) is 30.3 Å². The highest BCUT2D eigenvalue weighted by Crippen LogP contribution is 2.75. The maximum atomic E-state index is 13.0. The molecule has 6 rings (SSSR count). The van der Waals surface area contributed by atoms with E-state index < -0.39 is 35.0 Å². The fraction of sp³-hybridized carbons (Fsp3) is 0.692. The van der Waals surface area contributed by atoms with Gasteiger partial charge in [-0.1, -0.05) is 65.3 Å². The van der Waals surface area contributed by atoms with Gasteiger partial charge in [0.15, 0.2) is 0 Å². The molecule has 1 aromatic rings. The van der Waals surface area contributed by atoms with Crippen molar-refractivity contribution in [1.82, 2.24) is 0 Å². The molecule has 0 heterocycles. The average Bonchev–Trinajstić information content (AvgIpc) is 3.00. The van der Waals surface area contributed by atoms with E-state index in [9.17, 15) is 30.0 Å². The molecule has 12 unspecified atom stereocenters. The molecule has 4 saturated carbocycles. The summed E-state index contributed by atoms with van der Waals surface area (Å²) in [6.45, 7) is 13.7. The summed E-state index contributed by atoms with van der Waals surface area (Å²) >= 11 is 0. The van der Waals surface area contributed by atoms with Crippen molar-refractivity contribution >= 4 is 18.0 Å². The molecule has 4 fully saturated rings. The number of phenolic OH excluding ortho intramolecular Hbond substituents is 1. The standard InChI is InChI=1S/C39H54O7/c1-23-15-18-39(34(44)45)20-19-37(5)27(32(39)24(23)2)12-13-30-35(3)21-28(41)33(43)36(4,29(35)16-17-38(30,37)6)22-46-31(42)14-9-25-7-10-26(40)11-8-25/h7-12,14,23-24,28-30,32-33,40-41,43H,13,15-22H2,1-6H3,(H,44,45). The van der Waals surface area contributed by atoms with Crippen LogP contribution >= 0.6 is 0 Å². The lowest BCUT2D eigenvalue weighted by Crippen LogP contribution is -2.68. The number of aliphatic hydroxyl groups excluding tert-OH is 2. The van der Waals surface area contributed by atoms with Crippen LogP contribution in [0.2, 0.25) is 0 Å². The zero-order valence-corrected chi connectivity index (χ0v) is 28.5. The normalized spacial score (nSPS) is 46.7. The SMILES string of the molecule is CC1CCC2(C(=O)O)CCC3(C)C(=CCC4C5(C)CC(O)C(O)C(C)(COC(=O)C=Cc6ccc(O)cc6)C5CCC43C)C2C1C. The van der Waals surface area contributed by atoms with E-state index in [4.69, 9.17) is 4.74 Å². The Morgan fingerprint density at radius 2 is 1.65 bits per heavy atom. The summed E-state index contributed by atoms with van der Waals surface area (Å²) in [4.78, 5) is 25.9.